The highest BCUT2D eigenvalue weighted by Crippen LogP contribution is 2.11. The minimum Gasteiger partial charge on any atom is -0.480 e. The first-order valence-electron chi connectivity index (χ1n) is 17.4. The number of nitrogens with one attached hydrogen (secondary N) is 7. The minimum absolute atomic E-state index is 0.0870. The molecule has 0 saturated carbocycles. The van der Waals surface area contributed by atoms with Gasteiger partial charge in [-0.3, -0.25) is 28.8 Å². The van der Waals surface area contributed by atoms with Crippen molar-refractivity contribution in [3.05, 3.63) is 54.1 Å². The molecule has 0 radical (unpaired) electrons. The Balaban J connectivity index is 2.23. The second-order valence-corrected chi connectivity index (χ2v) is 12.8. The Hall–Kier alpha value is -5.48. The van der Waals surface area contributed by atoms with E-state index >= 15 is 0 Å². The third kappa shape index (κ3) is 14.4. The molecule has 2 rings (SSSR count). The number of aliphatic carboxylic acids is 1. The van der Waals surface area contributed by atoms with E-state index in [0.29, 0.717) is 17.7 Å². The average molecular weight is 778 g/mol. The molecule has 1 heterocycles. The van der Waals surface area contributed by atoms with Crippen LogP contribution in [0.2, 0.25) is 0 Å². The number of carbonyl (C=O) groups excluding carboxylic acids is 6. The first-order chi connectivity index (χ1) is 26.1. The Morgan fingerprint density at radius 3 is 1.69 bits per heavy atom. The monoisotopic (exact) mass is 777 g/mol. The highest BCUT2D eigenvalue weighted by atomic mass is 16.4. The van der Waals surface area contributed by atoms with Gasteiger partial charge < -0.3 is 68.2 Å². The van der Waals surface area contributed by atoms with Crippen LogP contribution >= 0.6 is 0 Å². The molecule has 0 spiro atoms. The molecule has 0 fully saturated rings. The van der Waals surface area contributed by atoms with E-state index < -0.39 is 116 Å². The number of carboxylic acids is 1. The Labute approximate surface area is 316 Å². The molecule has 0 aliphatic rings. The van der Waals surface area contributed by atoms with Gasteiger partial charge in [0.05, 0.1) is 32.3 Å². The molecule has 55 heavy (non-hydrogen) atoms. The van der Waals surface area contributed by atoms with Crippen molar-refractivity contribution in [1.29, 1.82) is 0 Å². The molecule has 9 atom stereocenters. The van der Waals surface area contributed by atoms with Crippen molar-refractivity contribution >= 4 is 41.4 Å². The predicted molar refractivity (Wildman–Crippen MR) is 192 cm³/mol. The molecule has 21 heteroatoms. The standard InChI is InChI=1S/C34H51N9O12/c1-4-17(2)26(32(52)41-25(15-46)31(51)39-23(34(54)55)10-19-8-6-5-7-9-19)42-33(53)27(18(3)47)43-29(49)22(11-20-12-36-16-37-20)38-30(50)24(14-45)40-28(48)21(35)13-44/h5-9,12,16-18,21-27,44-47H,4,10-11,13-15,35H2,1-3H3,(H,36,37)(H,38,50)(H,39,51)(H,40,48)(H,41,52)(H,42,53)(H,43,49)(H,54,55)/t17-,18+,21-,22-,23-,24-,25-,26-,27-/m0/s1. The number of aliphatic hydroxyl groups excluding tert-OH is 4. The van der Waals surface area contributed by atoms with E-state index in [0.717, 1.165) is 0 Å². The fourth-order valence-corrected chi connectivity index (χ4v) is 5.04. The summed E-state index contributed by atoms with van der Waals surface area (Å²) in [5, 5.41) is 63.0. The number of hydrogen-bond donors (Lipinski definition) is 13. The van der Waals surface area contributed by atoms with Gasteiger partial charge >= 0.3 is 5.97 Å². The van der Waals surface area contributed by atoms with E-state index in [1.807, 2.05) is 0 Å². The van der Waals surface area contributed by atoms with Gasteiger partial charge in [-0.05, 0) is 18.4 Å². The molecule has 0 aliphatic heterocycles. The van der Waals surface area contributed by atoms with Gasteiger partial charge in [0.15, 0.2) is 0 Å². The first-order valence-corrected chi connectivity index (χ1v) is 17.4. The quantitative estimate of drug-likeness (QED) is 0.0502. The first kappa shape index (κ1) is 45.7. The second-order valence-electron chi connectivity index (χ2n) is 12.8. The van der Waals surface area contributed by atoms with Crippen LogP contribution in [0, 0.1) is 5.92 Å². The maximum absolute atomic E-state index is 13.6. The highest BCUT2D eigenvalue weighted by molar-refractivity contribution is 5.97. The number of imidazole rings is 1. The molecule has 14 N–H and O–H groups in total. The Morgan fingerprint density at radius 2 is 1.20 bits per heavy atom. The van der Waals surface area contributed by atoms with Gasteiger partial charge in [0.1, 0.15) is 42.3 Å². The lowest BCUT2D eigenvalue weighted by atomic mass is 9.97. The minimum atomic E-state index is -1.73. The van der Waals surface area contributed by atoms with Crippen LogP contribution in [-0.2, 0) is 46.4 Å². The Morgan fingerprint density at radius 1 is 0.691 bits per heavy atom. The number of benzene rings is 1. The van der Waals surface area contributed by atoms with Crippen LogP contribution in [0.1, 0.15) is 38.4 Å². The number of amides is 6. The van der Waals surface area contributed by atoms with Crippen LogP contribution in [0.15, 0.2) is 42.9 Å². The summed E-state index contributed by atoms with van der Waals surface area (Å²) in [5.74, 6) is -7.97. The normalized spacial score (nSPS) is 16.0. The molecule has 0 aliphatic carbocycles. The number of nitrogens with zero attached hydrogens (tertiary/aromatic N) is 1. The maximum atomic E-state index is 13.6. The van der Waals surface area contributed by atoms with Crippen LogP contribution in [-0.4, -0.2) is 145 Å². The van der Waals surface area contributed by atoms with Crippen molar-refractivity contribution in [3.63, 3.8) is 0 Å². The van der Waals surface area contributed by atoms with Crippen molar-refractivity contribution in [2.75, 3.05) is 19.8 Å². The van der Waals surface area contributed by atoms with Gasteiger partial charge in [0.25, 0.3) is 0 Å². The summed E-state index contributed by atoms with van der Waals surface area (Å²) >= 11 is 0. The van der Waals surface area contributed by atoms with Gasteiger partial charge in [0.2, 0.25) is 35.4 Å². The van der Waals surface area contributed by atoms with E-state index in [9.17, 15) is 54.0 Å². The van der Waals surface area contributed by atoms with E-state index in [1.54, 1.807) is 44.2 Å². The molecular weight excluding hydrogens is 726 g/mol. The smallest absolute Gasteiger partial charge is 0.326 e. The zero-order valence-electron chi connectivity index (χ0n) is 30.6. The summed E-state index contributed by atoms with van der Waals surface area (Å²) in [6.07, 6.45) is 1.04. The largest absolute Gasteiger partial charge is 0.480 e. The number of carboxylic acid groups (broad SMARTS) is 1. The number of H-pyrrole nitrogens is 1. The van der Waals surface area contributed by atoms with Crippen molar-refractivity contribution in [2.24, 2.45) is 11.7 Å². The summed E-state index contributed by atoms with van der Waals surface area (Å²) < 4.78 is 0. The second kappa shape index (κ2) is 22.7. The fourth-order valence-electron chi connectivity index (χ4n) is 5.04. The zero-order chi connectivity index (χ0) is 41.2. The van der Waals surface area contributed by atoms with E-state index in [4.69, 9.17) is 10.8 Å². The van der Waals surface area contributed by atoms with Crippen molar-refractivity contribution in [2.45, 2.75) is 88.4 Å². The molecule has 1 aromatic heterocycles. The van der Waals surface area contributed by atoms with Crippen LogP contribution < -0.4 is 37.6 Å². The Bertz CT molecular complexity index is 1580. The third-order valence-electron chi connectivity index (χ3n) is 8.53. The molecule has 0 unspecified atom stereocenters. The van der Waals surface area contributed by atoms with E-state index in [1.165, 1.54) is 19.4 Å². The molecular formula is C34H51N9O12. The average Bonchev–Trinajstić information content (AvgIpc) is 3.68. The molecule has 2 aromatic rings. The van der Waals surface area contributed by atoms with Gasteiger partial charge in [0, 0.05) is 24.7 Å². The number of aromatic nitrogens is 2. The maximum Gasteiger partial charge on any atom is 0.326 e. The molecule has 21 nitrogen and oxygen atoms in total. The van der Waals surface area contributed by atoms with Crippen LogP contribution in [0.4, 0.5) is 0 Å². The lowest BCUT2D eigenvalue weighted by Gasteiger charge is -2.30. The van der Waals surface area contributed by atoms with Crippen LogP contribution in [0.5, 0.6) is 0 Å². The number of hydrogen-bond acceptors (Lipinski definition) is 13. The summed E-state index contributed by atoms with van der Waals surface area (Å²) in [6.45, 7) is 1.87. The third-order valence-corrected chi connectivity index (χ3v) is 8.53. The van der Waals surface area contributed by atoms with Gasteiger partial charge in [-0.1, -0.05) is 50.6 Å². The number of nitrogens with two attached hydrogens (primary N) is 1. The lowest BCUT2D eigenvalue weighted by molar-refractivity contribution is -0.142. The van der Waals surface area contributed by atoms with E-state index in [2.05, 4.69) is 41.9 Å². The van der Waals surface area contributed by atoms with Crippen molar-refractivity contribution < 1.29 is 59.1 Å². The predicted octanol–water partition coefficient (Wildman–Crippen LogP) is -5.08. The molecule has 304 valence electrons. The number of aliphatic hydroxyl groups is 4. The topological polar surface area (TPSA) is 348 Å². The number of aromatic amines is 1. The van der Waals surface area contributed by atoms with Gasteiger partial charge in [-0.15, -0.1) is 0 Å². The molecule has 0 saturated heterocycles. The van der Waals surface area contributed by atoms with Crippen LogP contribution in [0.3, 0.4) is 0 Å². The van der Waals surface area contributed by atoms with E-state index in [-0.39, 0.29) is 12.8 Å². The summed E-state index contributed by atoms with van der Waals surface area (Å²) in [6, 6.07) is -2.20. The lowest BCUT2D eigenvalue weighted by Crippen LogP contribution is -2.63. The zero-order valence-corrected chi connectivity index (χ0v) is 30.6. The van der Waals surface area contributed by atoms with Gasteiger partial charge in [-0.2, -0.15) is 0 Å². The van der Waals surface area contributed by atoms with Gasteiger partial charge in [-0.25, -0.2) is 9.78 Å². The molecule has 6 amide bonds. The fraction of sp³-hybridized carbons (Fsp3) is 0.529. The van der Waals surface area contributed by atoms with Crippen molar-refractivity contribution in [3.8, 4) is 0 Å². The molecule has 1 aromatic carbocycles. The SMILES string of the molecule is CC[C@H](C)[C@H](NC(=O)[C@@H](NC(=O)[C@H](Cc1cnc[nH]1)NC(=O)[C@H](CO)NC(=O)[C@@H](N)CO)[C@@H](C)O)C(=O)N[C@@H](CO)C(=O)N[C@@H](Cc1ccccc1)C(=O)O. The highest BCUT2D eigenvalue weighted by Gasteiger charge is 2.36. The number of rotatable bonds is 23. The molecule has 0 bridgehead atoms. The summed E-state index contributed by atoms with van der Waals surface area (Å²) in [7, 11) is 0. The van der Waals surface area contributed by atoms with Crippen LogP contribution in [0.25, 0.3) is 0 Å². The summed E-state index contributed by atoms with van der Waals surface area (Å²) in [5.41, 5.74) is 6.41. The number of carbonyl (C=O) groups is 7. The van der Waals surface area contributed by atoms with Crippen molar-refractivity contribution in [1.82, 2.24) is 41.9 Å². The summed E-state index contributed by atoms with van der Waals surface area (Å²) in [4.78, 5) is 97.4. The Kier molecular flexibility index (Phi) is 18.8.